The maximum absolute atomic E-state index is 16.1. The number of hydrogen-bond acceptors (Lipinski definition) is 7. The molecule has 2 aliphatic heterocycles. The van der Waals surface area contributed by atoms with Crippen LogP contribution in [-0.4, -0.2) is 77.5 Å². The zero-order valence-corrected chi connectivity index (χ0v) is 32.9. The van der Waals surface area contributed by atoms with E-state index in [1.807, 2.05) is 52.0 Å². The summed E-state index contributed by atoms with van der Waals surface area (Å²) in [6.45, 7) is 14.2. The van der Waals surface area contributed by atoms with Gasteiger partial charge in [-0.1, -0.05) is 36.4 Å². The lowest BCUT2D eigenvalue weighted by atomic mass is 9.98. The first-order valence-electron chi connectivity index (χ1n) is 18.8. The molecule has 296 valence electrons. The number of benzene rings is 4. The number of likely N-dealkylation sites (tertiary alicyclic amines) is 2. The number of hydrogen-bond donors (Lipinski definition) is 1. The summed E-state index contributed by atoms with van der Waals surface area (Å²) < 4.78 is 53.8. The lowest BCUT2D eigenvalue weighted by Crippen LogP contribution is -2.36. The van der Waals surface area contributed by atoms with Gasteiger partial charge in [0.25, 0.3) is 5.91 Å². The van der Waals surface area contributed by atoms with Crippen molar-refractivity contribution in [2.75, 3.05) is 31.5 Å². The van der Waals surface area contributed by atoms with Gasteiger partial charge in [0.2, 0.25) is 0 Å². The molecule has 10 nitrogen and oxygen atoms in total. The van der Waals surface area contributed by atoms with Crippen LogP contribution in [0.5, 0.6) is 11.5 Å². The fraction of sp³-hybridized carbons (Fsp3) is 0.386. The van der Waals surface area contributed by atoms with Gasteiger partial charge < -0.3 is 34.1 Å². The lowest BCUT2D eigenvalue weighted by molar-refractivity contribution is 0.0266. The zero-order chi connectivity index (χ0) is 40.4. The molecule has 2 heterocycles. The standard InChI is InChI=1S/C44H49F2N3O7/c1-27-10-8-9-11-34(27)36-24-31(16-17-38(36)53-32-18-20-48(25-32)41(51)55-43(2,3)4)47-40(50)29-22-35(28-12-14-30(45)15-13-28)39(37(46)23-29)54-33-19-21-49(26-33)42(52)56-44(5,6)7/h8-17,22-24,32-33H,18-21,25-26H2,1-7H3,(H,47,50)/t32-,33-/m0/s1. The smallest absolute Gasteiger partial charge is 0.410 e. The number of amides is 3. The summed E-state index contributed by atoms with van der Waals surface area (Å²) >= 11 is 0. The molecular weight excluding hydrogens is 720 g/mol. The fourth-order valence-corrected chi connectivity index (χ4v) is 6.67. The Morgan fingerprint density at radius 3 is 1.88 bits per heavy atom. The molecule has 4 aromatic rings. The van der Waals surface area contributed by atoms with E-state index in [-0.39, 0.29) is 35.6 Å². The van der Waals surface area contributed by atoms with E-state index in [9.17, 15) is 18.8 Å². The maximum Gasteiger partial charge on any atom is 0.410 e. The summed E-state index contributed by atoms with van der Waals surface area (Å²) in [6.07, 6.45) is -0.624. The molecule has 0 radical (unpaired) electrons. The summed E-state index contributed by atoms with van der Waals surface area (Å²) in [5.74, 6) is -1.36. The van der Waals surface area contributed by atoms with E-state index in [4.69, 9.17) is 18.9 Å². The third-order valence-electron chi connectivity index (χ3n) is 9.31. The summed E-state index contributed by atoms with van der Waals surface area (Å²) in [6, 6.07) is 21.2. The first-order chi connectivity index (χ1) is 26.4. The van der Waals surface area contributed by atoms with Gasteiger partial charge in [0, 0.05) is 48.3 Å². The number of nitrogens with one attached hydrogen (secondary N) is 1. The van der Waals surface area contributed by atoms with Crippen LogP contribution in [-0.2, 0) is 9.47 Å². The monoisotopic (exact) mass is 769 g/mol. The quantitative estimate of drug-likeness (QED) is 0.190. The van der Waals surface area contributed by atoms with Crippen LogP contribution in [0, 0.1) is 18.6 Å². The molecule has 0 aliphatic carbocycles. The number of halogens is 2. The average molecular weight is 770 g/mol. The first-order valence-corrected chi connectivity index (χ1v) is 18.8. The van der Waals surface area contributed by atoms with Crippen LogP contribution in [0.4, 0.5) is 24.1 Å². The average Bonchev–Trinajstić information content (AvgIpc) is 3.79. The molecule has 6 rings (SSSR count). The minimum absolute atomic E-state index is 0.0157. The second kappa shape index (κ2) is 16.2. The van der Waals surface area contributed by atoms with Gasteiger partial charge in [-0.2, -0.15) is 0 Å². The molecule has 2 saturated heterocycles. The molecule has 56 heavy (non-hydrogen) atoms. The highest BCUT2D eigenvalue weighted by Crippen LogP contribution is 2.38. The fourth-order valence-electron chi connectivity index (χ4n) is 6.67. The van der Waals surface area contributed by atoms with Gasteiger partial charge in [0.1, 0.15) is 35.0 Å². The summed E-state index contributed by atoms with van der Waals surface area (Å²) in [5.41, 5.74) is 2.49. The Morgan fingerprint density at radius 2 is 1.29 bits per heavy atom. The van der Waals surface area contributed by atoms with E-state index in [0.717, 1.165) is 22.8 Å². The van der Waals surface area contributed by atoms with Crippen molar-refractivity contribution in [1.29, 1.82) is 0 Å². The van der Waals surface area contributed by atoms with Crippen LogP contribution in [0.3, 0.4) is 0 Å². The molecule has 0 bridgehead atoms. The molecule has 4 aromatic carbocycles. The summed E-state index contributed by atoms with van der Waals surface area (Å²) in [5, 5.41) is 2.91. The van der Waals surface area contributed by atoms with Gasteiger partial charge in [-0.25, -0.2) is 18.4 Å². The molecule has 2 aliphatic rings. The first kappa shape index (κ1) is 40.0. The molecule has 2 atom stereocenters. The van der Waals surface area contributed by atoms with Crippen molar-refractivity contribution in [2.45, 2.75) is 84.7 Å². The Labute approximate surface area is 326 Å². The van der Waals surface area contributed by atoms with E-state index in [1.54, 1.807) is 43.9 Å². The lowest BCUT2D eigenvalue weighted by Gasteiger charge is -2.24. The van der Waals surface area contributed by atoms with Gasteiger partial charge in [0.15, 0.2) is 11.6 Å². The van der Waals surface area contributed by atoms with Crippen molar-refractivity contribution in [2.24, 2.45) is 0 Å². The van der Waals surface area contributed by atoms with Crippen LogP contribution in [0.25, 0.3) is 22.3 Å². The van der Waals surface area contributed by atoms with E-state index in [2.05, 4.69) is 5.32 Å². The van der Waals surface area contributed by atoms with E-state index in [1.165, 1.54) is 35.2 Å². The Kier molecular flexibility index (Phi) is 11.6. The van der Waals surface area contributed by atoms with E-state index >= 15 is 4.39 Å². The van der Waals surface area contributed by atoms with Gasteiger partial charge in [-0.05, 0) is 108 Å². The summed E-state index contributed by atoms with van der Waals surface area (Å²) in [7, 11) is 0. The van der Waals surface area contributed by atoms with Gasteiger partial charge in [-0.3, -0.25) is 4.79 Å². The van der Waals surface area contributed by atoms with Crippen molar-refractivity contribution in [3.05, 3.63) is 102 Å². The van der Waals surface area contributed by atoms with Gasteiger partial charge >= 0.3 is 12.2 Å². The molecule has 0 saturated carbocycles. The van der Waals surface area contributed by atoms with Crippen LogP contribution in [0.15, 0.2) is 78.9 Å². The number of carbonyl (C=O) groups is 3. The topological polar surface area (TPSA) is 107 Å². The highest BCUT2D eigenvalue weighted by atomic mass is 19.1. The number of nitrogens with zero attached hydrogens (tertiary/aromatic N) is 2. The van der Waals surface area contributed by atoms with Crippen molar-refractivity contribution in [3.63, 3.8) is 0 Å². The minimum atomic E-state index is -0.783. The highest BCUT2D eigenvalue weighted by Gasteiger charge is 2.33. The molecule has 0 unspecified atom stereocenters. The van der Waals surface area contributed by atoms with E-state index in [0.29, 0.717) is 49.5 Å². The SMILES string of the molecule is Cc1ccccc1-c1cc(NC(=O)c2cc(F)c(O[C@H]3CCN(C(=O)OC(C)(C)C)C3)c(-c3ccc(F)cc3)c2)ccc1O[C@H]1CCN(C(=O)OC(C)(C)C)C1. The zero-order valence-electron chi connectivity index (χ0n) is 32.9. The molecule has 2 fully saturated rings. The maximum atomic E-state index is 16.1. The molecule has 1 N–H and O–H groups in total. The highest BCUT2D eigenvalue weighted by molar-refractivity contribution is 6.05. The minimum Gasteiger partial charge on any atom is -0.488 e. The second-order valence-corrected chi connectivity index (χ2v) is 16.2. The van der Waals surface area contributed by atoms with Gasteiger partial charge in [-0.15, -0.1) is 0 Å². The van der Waals surface area contributed by atoms with Crippen molar-refractivity contribution >= 4 is 23.8 Å². The largest absolute Gasteiger partial charge is 0.488 e. The number of ether oxygens (including phenoxy) is 4. The predicted molar refractivity (Wildman–Crippen MR) is 210 cm³/mol. The van der Waals surface area contributed by atoms with Crippen LogP contribution >= 0.6 is 0 Å². The van der Waals surface area contributed by atoms with Crippen LogP contribution in [0.2, 0.25) is 0 Å². The van der Waals surface area contributed by atoms with Gasteiger partial charge in [0.05, 0.1) is 13.1 Å². The summed E-state index contributed by atoms with van der Waals surface area (Å²) in [4.78, 5) is 42.4. The van der Waals surface area contributed by atoms with E-state index < -0.39 is 40.9 Å². The molecule has 0 aromatic heterocycles. The predicted octanol–water partition coefficient (Wildman–Crippen LogP) is 9.64. The molecule has 12 heteroatoms. The molecule has 3 amide bonds. The number of anilines is 1. The van der Waals surface area contributed by atoms with Crippen LogP contribution in [0.1, 0.15) is 70.3 Å². The third kappa shape index (κ3) is 9.96. The van der Waals surface area contributed by atoms with Crippen molar-refractivity contribution < 1.29 is 42.1 Å². The Balaban J connectivity index is 1.24. The number of carbonyl (C=O) groups excluding carboxylic acids is 3. The third-order valence-corrected chi connectivity index (χ3v) is 9.31. The van der Waals surface area contributed by atoms with Crippen LogP contribution < -0.4 is 14.8 Å². The number of aryl methyl sites for hydroxylation is 1. The Morgan fingerprint density at radius 1 is 0.696 bits per heavy atom. The van der Waals surface area contributed by atoms with Crippen molar-refractivity contribution in [1.82, 2.24) is 9.80 Å². The number of rotatable bonds is 8. The normalized spacial score (nSPS) is 17.1. The molecular formula is C44H49F2N3O7. The Bertz CT molecular complexity index is 2090. The van der Waals surface area contributed by atoms with Crippen molar-refractivity contribution in [3.8, 4) is 33.8 Å². The second-order valence-electron chi connectivity index (χ2n) is 16.2. The Hall–Kier alpha value is -5.65. The molecule has 0 spiro atoms.